The zero-order valence-corrected chi connectivity index (χ0v) is 17.6. The molecule has 0 radical (unpaired) electrons. The molecule has 5 nitrogen and oxygen atoms in total. The first-order chi connectivity index (χ1) is 14.7. The Balaban J connectivity index is 1.46. The van der Waals surface area contributed by atoms with Gasteiger partial charge in [-0.1, -0.05) is 36.4 Å². The molecule has 0 bridgehead atoms. The van der Waals surface area contributed by atoms with Crippen LogP contribution in [0.15, 0.2) is 66.3 Å². The number of amides is 1. The summed E-state index contributed by atoms with van der Waals surface area (Å²) in [4.78, 5) is 28.9. The van der Waals surface area contributed by atoms with E-state index in [0.717, 1.165) is 29.1 Å². The summed E-state index contributed by atoms with van der Waals surface area (Å²) in [7, 11) is 0. The van der Waals surface area contributed by atoms with Gasteiger partial charge < -0.3 is 4.90 Å². The SMILES string of the molecule is Cc1nc(C2(c3ccccc3)CCN(C(=O)c3cccc4nccnc34)CC2)cs1. The molecule has 0 unspecified atom stereocenters. The molecule has 2 aromatic carbocycles. The van der Waals surface area contributed by atoms with Crippen molar-refractivity contribution in [2.45, 2.75) is 25.2 Å². The topological polar surface area (TPSA) is 59.0 Å². The van der Waals surface area contributed by atoms with Gasteiger partial charge in [-0.05, 0) is 37.5 Å². The fourth-order valence-corrected chi connectivity index (χ4v) is 5.17. The van der Waals surface area contributed by atoms with Gasteiger partial charge in [-0.25, -0.2) is 4.98 Å². The molecule has 5 rings (SSSR count). The van der Waals surface area contributed by atoms with E-state index in [9.17, 15) is 4.79 Å². The van der Waals surface area contributed by atoms with Crippen molar-refractivity contribution in [2.75, 3.05) is 13.1 Å². The first-order valence-corrected chi connectivity index (χ1v) is 11.0. The Kier molecular flexibility index (Phi) is 4.79. The highest BCUT2D eigenvalue weighted by Crippen LogP contribution is 2.42. The Bertz CT molecular complexity index is 1190. The van der Waals surface area contributed by atoms with E-state index in [2.05, 4.69) is 39.6 Å². The van der Waals surface area contributed by atoms with E-state index in [0.29, 0.717) is 24.2 Å². The number of aromatic nitrogens is 3. The van der Waals surface area contributed by atoms with Crippen molar-refractivity contribution in [1.29, 1.82) is 0 Å². The highest BCUT2D eigenvalue weighted by atomic mass is 32.1. The minimum Gasteiger partial charge on any atom is -0.338 e. The maximum absolute atomic E-state index is 13.3. The standard InChI is InChI=1S/C24H22N4OS/c1-17-27-21(16-30-17)24(18-6-3-2-4-7-18)10-14-28(15-11-24)23(29)19-8-5-9-20-22(19)26-13-12-25-20/h2-9,12-13,16H,10-11,14-15H2,1H3. The number of carbonyl (C=O) groups is 1. The van der Waals surface area contributed by atoms with Gasteiger partial charge in [0.15, 0.2) is 0 Å². The molecule has 1 amide bonds. The van der Waals surface area contributed by atoms with Crippen molar-refractivity contribution >= 4 is 28.3 Å². The van der Waals surface area contributed by atoms with Crippen LogP contribution < -0.4 is 0 Å². The number of benzene rings is 2. The third-order valence-electron chi connectivity index (χ3n) is 6.07. The molecule has 2 aromatic heterocycles. The molecule has 0 saturated carbocycles. The van der Waals surface area contributed by atoms with Gasteiger partial charge in [0.25, 0.3) is 5.91 Å². The Morgan fingerprint density at radius 1 is 1.00 bits per heavy atom. The lowest BCUT2D eigenvalue weighted by Gasteiger charge is -2.41. The second kappa shape index (κ2) is 7.61. The van der Waals surface area contributed by atoms with Crippen molar-refractivity contribution in [3.05, 3.63) is 88.1 Å². The van der Waals surface area contributed by atoms with Crippen LogP contribution in [0.5, 0.6) is 0 Å². The number of carbonyl (C=O) groups excluding carboxylic acids is 1. The third kappa shape index (κ3) is 3.17. The Hall–Kier alpha value is -3.12. The molecule has 1 fully saturated rings. The van der Waals surface area contributed by atoms with Crippen LogP contribution in [0.3, 0.4) is 0 Å². The maximum Gasteiger partial charge on any atom is 0.256 e. The number of fused-ring (bicyclic) bond motifs is 1. The molecule has 0 atom stereocenters. The molecule has 1 aliphatic heterocycles. The molecular weight excluding hydrogens is 392 g/mol. The van der Waals surface area contributed by atoms with Crippen molar-refractivity contribution in [1.82, 2.24) is 19.9 Å². The number of hydrogen-bond acceptors (Lipinski definition) is 5. The average molecular weight is 415 g/mol. The lowest BCUT2D eigenvalue weighted by Crippen LogP contribution is -2.46. The number of likely N-dealkylation sites (tertiary alicyclic amines) is 1. The highest BCUT2D eigenvalue weighted by Gasteiger charge is 2.40. The van der Waals surface area contributed by atoms with Crippen LogP contribution in [0, 0.1) is 6.92 Å². The molecule has 0 spiro atoms. The zero-order valence-electron chi connectivity index (χ0n) is 16.8. The van der Waals surface area contributed by atoms with Crippen LogP contribution in [0.1, 0.15) is 39.5 Å². The smallest absolute Gasteiger partial charge is 0.256 e. The summed E-state index contributed by atoms with van der Waals surface area (Å²) in [5.74, 6) is 0.0252. The van der Waals surface area contributed by atoms with Crippen molar-refractivity contribution in [3.8, 4) is 0 Å². The number of para-hydroxylation sites is 1. The highest BCUT2D eigenvalue weighted by molar-refractivity contribution is 7.09. The first-order valence-electron chi connectivity index (χ1n) is 10.1. The van der Waals surface area contributed by atoms with Crippen LogP contribution >= 0.6 is 11.3 Å². The lowest BCUT2D eigenvalue weighted by molar-refractivity contribution is 0.0686. The van der Waals surface area contributed by atoms with Crippen molar-refractivity contribution < 1.29 is 4.79 Å². The minimum atomic E-state index is -0.151. The molecule has 0 N–H and O–H groups in total. The van der Waals surface area contributed by atoms with Crippen LogP contribution in [0.4, 0.5) is 0 Å². The van der Waals surface area contributed by atoms with Crippen molar-refractivity contribution in [3.63, 3.8) is 0 Å². The molecule has 150 valence electrons. The summed E-state index contributed by atoms with van der Waals surface area (Å²) >= 11 is 1.69. The maximum atomic E-state index is 13.3. The fourth-order valence-electron chi connectivity index (χ4n) is 4.46. The third-order valence-corrected chi connectivity index (χ3v) is 6.84. The van der Waals surface area contributed by atoms with Crippen LogP contribution in [0.2, 0.25) is 0 Å². The van der Waals surface area contributed by atoms with Gasteiger partial charge in [0.1, 0.15) is 5.52 Å². The van der Waals surface area contributed by atoms with Gasteiger partial charge in [-0.15, -0.1) is 11.3 Å². The summed E-state index contributed by atoms with van der Waals surface area (Å²) < 4.78 is 0. The number of aryl methyl sites for hydroxylation is 1. The molecule has 30 heavy (non-hydrogen) atoms. The molecule has 3 heterocycles. The molecule has 1 saturated heterocycles. The van der Waals surface area contributed by atoms with Crippen LogP contribution in [-0.2, 0) is 5.41 Å². The van der Waals surface area contributed by atoms with E-state index in [4.69, 9.17) is 4.98 Å². The molecular formula is C24H22N4OS. The summed E-state index contributed by atoms with van der Waals surface area (Å²) in [5, 5.41) is 3.26. The van der Waals surface area contributed by atoms with E-state index >= 15 is 0 Å². The summed E-state index contributed by atoms with van der Waals surface area (Å²) in [5.41, 5.74) is 4.29. The number of hydrogen-bond donors (Lipinski definition) is 0. The molecule has 4 aromatic rings. The van der Waals surface area contributed by atoms with Gasteiger partial charge in [0.2, 0.25) is 0 Å². The first kappa shape index (κ1) is 18.9. The lowest BCUT2D eigenvalue weighted by atomic mass is 9.70. The van der Waals surface area contributed by atoms with E-state index < -0.39 is 0 Å². The zero-order chi connectivity index (χ0) is 20.6. The summed E-state index contributed by atoms with van der Waals surface area (Å²) in [6.45, 7) is 3.41. The predicted octanol–water partition coefficient (Wildman–Crippen LogP) is 4.62. The second-order valence-electron chi connectivity index (χ2n) is 7.72. The number of piperidine rings is 1. The average Bonchev–Trinajstić information content (AvgIpc) is 3.25. The number of nitrogens with zero attached hydrogens (tertiary/aromatic N) is 4. The molecule has 6 heteroatoms. The minimum absolute atomic E-state index is 0.0252. The van der Waals surface area contributed by atoms with E-state index in [1.807, 2.05) is 36.1 Å². The van der Waals surface area contributed by atoms with Gasteiger partial charge in [-0.2, -0.15) is 0 Å². The Labute approximate surface area is 179 Å². The number of thiazole rings is 1. The second-order valence-corrected chi connectivity index (χ2v) is 8.78. The summed E-state index contributed by atoms with van der Waals surface area (Å²) in [6.07, 6.45) is 4.99. The van der Waals surface area contributed by atoms with Crippen molar-refractivity contribution in [2.24, 2.45) is 0 Å². The van der Waals surface area contributed by atoms with Crippen LogP contribution in [-0.4, -0.2) is 38.8 Å². The molecule has 1 aliphatic rings. The number of rotatable bonds is 3. The quantitative estimate of drug-likeness (QED) is 0.491. The van der Waals surface area contributed by atoms with E-state index in [1.54, 1.807) is 23.7 Å². The summed E-state index contributed by atoms with van der Waals surface area (Å²) in [6, 6.07) is 16.2. The predicted molar refractivity (Wildman–Crippen MR) is 119 cm³/mol. The van der Waals surface area contributed by atoms with E-state index in [-0.39, 0.29) is 11.3 Å². The monoisotopic (exact) mass is 414 g/mol. The van der Waals surface area contributed by atoms with Crippen LogP contribution in [0.25, 0.3) is 11.0 Å². The fraction of sp³-hybridized carbons (Fsp3) is 0.250. The largest absolute Gasteiger partial charge is 0.338 e. The van der Waals surface area contributed by atoms with Gasteiger partial charge >= 0.3 is 0 Å². The normalized spacial score (nSPS) is 16.0. The van der Waals surface area contributed by atoms with Gasteiger partial charge in [0, 0.05) is 36.3 Å². The Morgan fingerprint density at radius 2 is 1.77 bits per heavy atom. The Morgan fingerprint density at radius 3 is 2.50 bits per heavy atom. The van der Waals surface area contributed by atoms with E-state index in [1.165, 1.54) is 5.56 Å². The van der Waals surface area contributed by atoms with Gasteiger partial charge in [0.05, 0.1) is 21.8 Å². The molecule has 0 aliphatic carbocycles. The van der Waals surface area contributed by atoms with Gasteiger partial charge in [-0.3, -0.25) is 14.8 Å².